The van der Waals surface area contributed by atoms with Gasteiger partial charge in [-0.15, -0.1) is 0 Å². The van der Waals surface area contributed by atoms with E-state index in [1.165, 1.54) is 0 Å². The summed E-state index contributed by atoms with van der Waals surface area (Å²) < 4.78 is 0. The number of amides is 2. The minimum Gasteiger partial charge on any atom is -0.344 e. The Kier molecular flexibility index (Phi) is 9.05. The first-order chi connectivity index (χ1) is 13.6. The van der Waals surface area contributed by atoms with Gasteiger partial charge < -0.3 is 5.32 Å². The predicted molar refractivity (Wildman–Crippen MR) is 114 cm³/mol. The van der Waals surface area contributed by atoms with Gasteiger partial charge in [-0.1, -0.05) is 75.2 Å². The highest BCUT2D eigenvalue weighted by atomic mass is 16.2. The summed E-state index contributed by atoms with van der Waals surface area (Å²) in [6.07, 6.45) is 4.01. The van der Waals surface area contributed by atoms with E-state index in [4.69, 9.17) is 0 Å². The molecule has 28 heavy (non-hydrogen) atoms. The molecule has 0 aliphatic carbocycles. The molecule has 0 spiro atoms. The van der Waals surface area contributed by atoms with Crippen molar-refractivity contribution in [1.29, 1.82) is 0 Å². The van der Waals surface area contributed by atoms with E-state index in [1.54, 1.807) is 0 Å². The minimum absolute atomic E-state index is 0.0421. The van der Waals surface area contributed by atoms with Crippen LogP contribution in [0.15, 0.2) is 60.7 Å². The van der Waals surface area contributed by atoms with Crippen molar-refractivity contribution in [1.82, 2.24) is 10.7 Å². The van der Waals surface area contributed by atoms with Crippen LogP contribution in [0.5, 0.6) is 0 Å². The fourth-order valence-electron chi connectivity index (χ4n) is 3.19. The zero-order valence-corrected chi connectivity index (χ0v) is 16.8. The lowest BCUT2D eigenvalue weighted by Crippen LogP contribution is -2.51. The van der Waals surface area contributed by atoms with Gasteiger partial charge >= 0.3 is 0 Å². The normalized spacial score (nSPS) is 11.7. The maximum absolute atomic E-state index is 12.8. The summed E-state index contributed by atoms with van der Waals surface area (Å²) in [6, 6.07) is 18.5. The van der Waals surface area contributed by atoms with Crippen molar-refractivity contribution in [3.05, 3.63) is 66.2 Å². The lowest BCUT2D eigenvalue weighted by molar-refractivity contribution is -0.131. The van der Waals surface area contributed by atoms with Crippen LogP contribution in [0.3, 0.4) is 0 Å². The van der Waals surface area contributed by atoms with Gasteiger partial charge in [0.05, 0.1) is 5.69 Å². The van der Waals surface area contributed by atoms with Gasteiger partial charge in [0.2, 0.25) is 5.91 Å². The van der Waals surface area contributed by atoms with Crippen molar-refractivity contribution in [2.75, 3.05) is 5.43 Å². The third kappa shape index (κ3) is 7.06. The first-order valence-corrected chi connectivity index (χ1v) is 10.1. The van der Waals surface area contributed by atoms with Crippen LogP contribution < -0.4 is 16.2 Å². The van der Waals surface area contributed by atoms with Crippen LogP contribution in [-0.4, -0.2) is 17.9 Å². The van der Waals surface area contributed by atoms with Gasteiger partial charge in [-0.2, -0.15) is 0 Å². The Labute approximate surface area is 167 Å². The molecule has 0 saturated heterocycles. The number of anilines is 1. The maximum atomic E-state index is 12.8. The molecule has 0 aliphatic heterocycles. The maximum Gasteiger partial charge on any atom is 0.261 e. The number of carbonyl (C=O) groups is 2. The lowest BCUT2D eigenvalue weighted by Gasteiger charge is -2.22. The largest absolute Gasteiger partial charge is 0.344 e. The Morgan fingerprint density at radius 2 is 1.39 bits per heavy atom. The van der Waals surface area contributed by atoms with Crippen LogP contribution in [0.2, 0.25) is 0 Å². The predicted octanol–water partition coefficient (Wildman–Crippen LogP) is 4.07. The highest BCUT2D eigenvalue weighted by molar-refractivity contribution is 5.89. The van der Waals surface area contributed by atoms with Crippen molar-refractivity contribution in [2.24, 2.45) is 5.92 Å². The molecule has 0 aromatic heterocycles. The lowest BCUT2D eigenvalue weighted by atomic mass is 9.96. The van der Waals surface area contributed by atoms with E-state index in [0.717, 1.165) is 36.9 Å². The van der Waals surface area contributed by atoms with E-state index in [-0.39, 0.29) is 17.7 Å². The van der Waals surface area contributed by atoms with E-state index in [2.05, 4.69) is 30.0 Å². The quantitative estimate of drug-likeness (QED) is 0.514. The van der Waals surface area contributed by atoms with Crippen molar-refractivity contribution < 1.29 is 9.59 Å². The number of para-hydroxylation sites is 1. The third-order valence-electron chi connectivity index (χ3n) is 4.66. The number of carbonyl (C=O) groups excluding carboxylic acids is 2. The topological polar surface area (TPSA) is 70.2 Å². The molecule has 3 N–H and O–H groups in total. The molecule has 2 amide bonds. The van der Waals surface area contributed by atoms with E-state index >= 15 is 0 Å². The third-order valence-corrected chi connectivity index (χ3v) is 4.66. The fraction of sp³-hybridized carbons (Fsp3) is 0.391. The van der Waals surface area contributed by atoms with Crippen LogP contribution in [0.25, 0.3) is 0 Å². The first-order valence-electron chi connectivity index (χ1n) is 10.1. The number of hydrogen-bond donors (Lipinski definition) is 3. The summed E-state index contributed by atoms with van der Waals surface area (Å²) in [6.45, 7) is 4.15. The average Bonchev–Trinajstić information content (AvgIpc) is 2.73. The van der Waals surface area contributed by atoms with Crippen molar-refractivity contribution in [3.8, 4) is 0 Å². The molecule has 0 saturated carbocycles. The standard InChI is InChI=1S/C23H31N3O2/c1-3-11-19(12-4-2)22(27)24-21(17-18-13-7-5-8-14-18)23(28)26-25-20-15-9-6-10-16-20/h5-10,13-16,19,21,25H,3-4,11-12,17H2,1-2H3,(H,24,27)(H,26,28)/t21-/m0/s1. The van der Waals surface area contributed by atoms with E-state index in [0.29, 0.717) is 6.42 Å². The van der Waals surface area contributed by atoms with Gasteiger partial charge in [-0.25, -0.2) is 0 Å². The Balaban J connectivity index is 2.06. The van der Waals surface area contributed by atoms with E-state index in [1.807, 2.05) is 60.7 Å². The Bertz CT molecular complexity index is 713. The molecule has 0 bridgehead atoms. The second kappa shape index (κ2) is 11.8. The SMILES string of the molecule is CCCC(CCC)C(=O)N[C@@H](Cc1ccccc1)C(=O)NNc1ccccc1. The Hall–Kier alpha value is -2.82. The molecule has 0 fully saturated rings. The number of hydrogen-bond acceptors (Lipinski definition) is 3. The second-order valence-electron chi connectivity index (χ2n) is 7.01. The van der Waals surface area contributed by atoms with Crippen molar-refractivity contribution >= 4 is 17.5 Å². The van der Waals surface area contributed by atoms with Crippen LogP contribution >= 0.6 is 0 Å². The molecule has 1 atom stereocenters. The van der Waals surface area contributed by atoms with Crippen LogP contribution in [0.1, 0.15) is 45.1 Å². The molecule has 2 aromatic carbocycles. The first kappa shape index (κ1) is 21.5. The van der Waals surface area contributed by atoms with Gasteiger partial charge in [-0.05, 0) is 30.5 Å². The minimum atomic E-state index is -0.637. The monoisotopic (exact) mass is 381 g/mol. The number of rotatable bonds is 11. The highest BCUT2D eigenvalue weighted by Gasteiger charge is 2.25. The summed E-state index contributed by atoms with van der Waals surface area (Å²) in [5, 5.41) is 2.98. The van der Waals surface area contributed by atoms with Gasteiger partial charge in [0.25, 0.3) is 5.91 Å². The molecule has 0 radical (unpaired) electrons. The molecular weight excluding hydrogens is 350 g/mol. The summed E-state index contributed by atoms with van der Waals surface area (Å²) in [5.74, 6) is -0.351. The number of nitrogens with one attached hydrogen (secondary N) is 3. The summed E-state index contributed by atoms with van der Waals surface area (Å²) in [5.41, 5.74) is 7.43. The summed E-state index contributed by atoms with van der Waals surface area (Å²) in [7, 11) is 0. The summed E-state index contributed by atoms with van der Waals surface area (Å²) >= 11 is 0. The van der Waals surface area contributed by atoms with Crippen LogP contribution in [0, 0.1) is 5.92 Å². The molecule has 2 aromatic rings. The van der Waals surface area contributed by atoms with E-state index in [9.17, 15) is 9.59 Å². The zero-order valence-electron chi connectivity index (χ0n) is 16.8. The van der Waals surface area contributed by atoms with Crippen molar-refractivity contribution in [3.63, 3.8) is 0 Å². The molecule has 0 unspecified atom stereocenters. The zero-order chi connectivity index (χ0) is 20.2. The average molecular weight is 382 g/mol. The number of hydrazine groups is 1. The van der Waals surface area contributed by atoms with Gasteiger partial charge in [0, 0.05) is 12.3 Å². The smallest absolute Gasteiger partial charge is 0.261 e. The molecule has 0 heterocycles. The molecule has 150 valence electrons. The molecule has 0 aliphatic rings. The van der Waals surface area contributed by atoms with Gasteiger partial charge in [-0.3, -0.25) is 20.4 Å². The van der Waals surface area contributed by atoms with Gasteiger partial charge in [0.15, 0.2) is 0 Å². The van der Waals surface area contributed by atoms with Crippen molar-refractivity contribution in [2.45, 2.75) is 52.0 Å². The molecule has 5 heteroatoms. The van der Waals surface area contributed by atoms with Crippen LogP contribution in [-0.2, 0) is 16.0 Å². The molecular formula is C23H31N3O2. The Morgan fingerprint density at radius 3 is 1.96 bits per heavy atom. The summed E-state index contributed by atoms with van der Waals surface area (Å²) in [4.78, 5) is 25.6. The van der Waals surface area contributed by atoms with Gasteiger partial charge in [0.1, 0.15) is 6.04 Å². The fourth-order valence-corrected chi connectivity index (χ4v) is 3.19. The second-order valence-corrected chi connectivity index (χ2v) is 7.01. The number of benzene rings is 2. The molecule has 2 rings (SSSR count). The highest BCUT2D eigenvalue weighted by Crippen LogP contribution is 2.14. The Morgan fingerprint density at radius 1 is 0.821 bits per heavy atom. The molecule has 5 nitrogen and oxygen atoms in total. The van der Waals surface area contributed by atoms with Crippen LogP contribution in [0.4, 0.5) is 5.69 Å². The van der Waals surface area contributed by atoms with E-state index < -0.39 is 6.04 Å².